The van der Waals surface area contributed by atoms with Gasteiger partial charge >= 0.3 is 0 Å². The first kappa shape index (κ1) is 12.4. The molecule has 0 aliphatic carbocycles. The van der Waals surface area contributed by atoms with Crippen LogP contribution in [0.1, 0.15) is 5.56 Å². The molecule has 0 heterocycles. The summed E-state index contributed by atoms with van der Waals surface area (Å²) in [5.41, 5.74) is 0.236. The molecule has 0 aromatic heterocycles. The van der Waals surface area contributed by atoms with Crippen molar-refractivity contribution in [1.82, 2.24) is 5.32 Å². The molecule has 0 fully saturated rings. The van der Waals surface area contributed by atoms with E-state index in [2.05, 4.69) is 5.32 Å². The Hall–Kier alpha value is -2.68. The number of hydrogen-bond donors (Lipinski definition) is 1. The molecule has 86 valence electrons. The highest BCUT2D eigenvalue weighted by Gasteiger charge is 2.08. The van der Waals surface area contributed by atoms with E-state index in [-0.39, 0.29) is 11.3 Å². The second kappa shape index (κ2) is 5.42. The average molecular weight is 231 g/mol. The van der Waals surface area contributed by atoms with Crippen molar-refractivity contribution in [2.45, 2.75) is 0 Å². The van der Waals surface area contributed by atoms with Crippen LogP contribution in [0.3, 0.4) is 0 Å². The number of likely N-dealkylation sites (N-methyl/N-ethyl adjacent to an activating group) is 1. The van der Waals surface area contributed by atoms with Crippen molar-refractivity contribution in [2.24, 2.45) is 0 Å². The Morgan fingerprint density at radius 3 is 2.82 bits per heavy atom. The van der Waals surface area contributed by atoms with Crippen LogP contribution in [0.4, 0.5) is 5.69 Å². The largest absolute Gasteiger partial charge is 0.354 e. The number of nitriles is 1. The van der Waals surface area contributed by atoms with E-state index in [0.717, 1.165) is 0 Å². The van der Waals surface area contributed by atoms with Crippen LogP contribution in [0.2, 0.25) is 0 Å². The average Bonchev–Trinajstić information content (AvgIpc) is 2.35. The van der Waals surface area contributed by atoms with Crippen LogP contribution in [0.15, 0.2) is 29.8 Å². The molecule has 6 nitrogen and oxygen atoms in total. The molecule has 0 aliphatic heterocycles. The van der Waals surface area contributed by atoms with Crippen LogP contribution in [0.5, 0.6) is 0 Å². The molecule has 0 bridgehead atoms. The van der Waals surface area contributed by atoms with Gasteiger partial charge in [0.15, 0.2) is 0 Å². The molecule has 17 heavy (non-hydrogen) atoms. The molecule has 1 aromatic carbocycles. The minimum Gasteiger partial charge on any atom is -0.354 e. The van der Waals surface area contributed by atoms with Gasteiger partial charge in [0.1, 0.15) is 11.6 Å². The number of carbonyl (C=O) groups is 1. The first-order chi connectivity index (χ1) is 8.08. The third-order valence-electron chi connectivity index (χ3n) is 1.98. The molecule has 1 amide bonds. The number of non-ortho nitro benzene ring substituents is 1. The summed E-state index contributed by atoms with van der Waals surface area (Å²) >= 11 is 0. The number of nitro benzene ring substituents is 1. The predicted octanol–water partition coefficient (Wildman–Crippen LogP) is 1.25. The highest BCUT2D eigenvalue weighted by molar-refractivity contribution is 6.01. The van der Waals surface area contributed by atoms with Crippen molar-refractivity contribution in [2.75, 3.05) is 7.05 Å². The van der Waals surface area contributed by atoms with Gasteiger partial charge in [-0.2, -0.15) is 5.26 Å². The van der Waals surface area contributed by atoms with Gasteiger partial charge < -0.3 is 5.32 Å². The van der Waals surface area contributed by atoms with Crippen LogP contribution in [0, 0.1) is 21.4 Å². The Balaban J connectivity index is 3.13. The maximum atomic E-state index is 11.2. The number of nitrogens with zero attached hydrogens (tertiary/aromatic N) is 2. The first-order valence-electron chi connectivity index (χ1n) is 4.67. The molecule has 1 rings (SSSR count). The molecule has 0 unspecified atom stereocenters. The Labute approximate surface area is 97.3 Å². The molecule has 6 heteroatoms. The Bertz CT molecular complexity index is 529. The number of nitrogens with one attached hydrogen (secondary N) is 1. The number of rotatable bonds is 3. The van der Waals surface area contributed by atoms with Crippen LogP contribution in [-0.4, -0.2) is 17.9 Å². The van der Waals surface area contributed by atoms with Gasteiger partial charge in [0.05, 0.1) is 4.92 Å². The lowest BCUT2D eigenvalue weighted by Crippen LogP contribution is -2.19. The third-order valence-corrected chi connectivity index (χ3v) is 1.98. The molecule has 0 atom stereocenters. The van der Waals surface area contributed by atoms with E-state index >= 15 is 0 Å². The summed E-state index contributed by atoms with van der Waals surface area (Å²) in [7, 11) is 1.40. The maximum absolute atomic E-state index is 11.2. The van der Waals surface area contributed by atoms with Crippen molar-refractivity contribution >= 4 is 17.7 Å². The van der Waals surface area contributed by atoms with E-state index in [0.29, 0.717) is 5.56 Å². The summed E-state index contributed by atoms with van der Waals surface area (Å²) in [5, 5.41) is 21.6. The fourth-order valence-electron chi connectivity index (χ4n) is 1.18. The molecule has 0 spiro atoms. The highest BCUT2D eigenvalue weighted by atomic mass is 16.6. The summed E-state index contributed by atoms with van der Waals surface area (Å²) in [6.45, 7) is 0. The number of carbonyl (C=O) groups excluding carboxylic acids is 1. The Morgan fingerprint density at radius 1 is 1.59 bits per heavy atom. The number of hydrogen-bond acceptors (Lipinski definition) is 4. The smallest absolute Gasteiger partial charge is 0.270 e. The summed E-state index contributed by atoms with van der Waals surface area (Å²) in [4.78, 5) is 21.2. The Kier molecular flexibility index (Phi) is 3.95. The van der Waals surface area contributed by atoms with E-state index < -0.39 is 10.8 Å². The van der Waals surface area contributed by atoms with Crippen LogP contribution in [-0.2, 0) is 4.79 Å². The van der Waals surface area contributed by atoms with Gasteiger partial charge in [-0.15, -0.1) is 0 Å². The van der Waals surface area contributed by atoms with Crippen LogP contribution < -0.4 is 5.32 Å². The lowest BCUT2D eigenvalue weighted by atomic mass is 10.1. The van der Waals surface area contributed by atoms with E-state index in [1.807, 2.05) is 0 Å². The van der Waals surface area contributed by atoms with Gasteiger partial charge in [0, 0.05) is 19.2 Å². The normalized spacial score (nSPS) is 10.5. The minimum atomic E-state index is -0.538. The molecule has 0 radical (unpaired) electrons. The number of amides is 1. The molecule has 0 saturated carbocycles. The lowest BCUT2D eigenvalue weighted by molar-refractivity contribution is -0.384. The van der Waals surface area contributed by atoms with E-state index in [1.54, 1.807) is 12.1 Å². The van der Waals surface area contributed by atoms with Crippen molar-refractivity contribution < 1.29 is 9.72 Å². The highest BCUT2D eigenvalue weighted by Crippen LogP contribution is 2.15. The zero-order valence-corrected chi connectivity index (χ0v) is 9.01. The summed E-state index contributed by atoms with van der Waals surface area (Å²) in [6, 6.07) is 7.42. The molecular formula is C11H9N3O3. The second-order valence-electron chi connectivity index (χ2n) is 3.10. The van der Waals surface area contributed by atoms with Gasteiger partial charge in [0.25, 0.3) is 11.6 Å². The summed E-state index contributed by atoms with van der Waals surface area (Å²) in [6.07, 6.45) is 1.30. The van der Waals surface area contributed by atoms with Gasteiger partial charge in [0.2, 0.25) is 0 Å². The van der Waals surface area contributed by atoms with Crippen LogP contribution in [0.25, 0.3) is 6.08 Å². The fraction of sp³-hybridized carbons (Fsp3) is 0.0909. The zero-order valence-electron chi connectivity index (χ0n) is 9.01. The van der Waals surface area contributed by atoms with Crippen LogP contribution >= 0.6 is 0 Å². The standard InChI is InChI=1S/C11H9N3O3/c1-13-11(15)9(7-12)5-8-3-2-4-10(6-8)14(16)17/h2-6H,1H3,(H,13,15)/b9-5-. The third kappa shape index (κ3) is 3.14. The fourth-order valence-corrected chi connectivity index (χ4v) is 1.18. The molecular weight excluding hydrogens is 222 g/mol. The molecule has 0 saturated heterocycles. The maximum Gasteiger partial charge on any atom is 0.270 e. The summed E-state index contributed by atoms with van der Waals surface area (Å²) < 4.78 is 0. The van der Waals surface area contributed by atoms with Gasteiger partial charge in [-0.1, -0.05) is 12.1 Å². The van der Waals surface area contributed by atoms with Gasteiger partial charge in [-0.25, -0.2) is 0 Å². The quantitative estimate of drug-likeness (QED) is 0.366. The zero-order chi connectivity index (χ0) is 12.8. The second-order valence-corrected chi connectivity index (χ2v) is 3.10. The van der Waals surface area contributed by atoms with Gasteiger partial charge in [-0.3, -0.25) is 14.9 Å². The minimum absolute atomic E-state index is 0.0899. The topological polar surface area (TPSA) is 96.0 Å². The summed E-state index contributed by atoms with van der Waals surface area (Å²) in [5.74, 6) is -0.529. The monoisotopic (exact) mass is 231 g/mol. The number of nitro groups is 1. The van der Waals surface area contributed by atoms with E-state index in [1.165, 1.54) is 31.3 Å². The van der Waals surface area contributed by atoms with E-state index in [4.69, 9.17) is 5.26 Å². The van der Waals surface area contributed by atoms with Crippen molar-refractivity contribution in [3.8, 4) is 6.07 Å². The molecule has 0 aliphatic rings. The van der Waals surface area contributed by atoms with Gasteiger partial charge in [-0.05, 0) is 11.6 Å². The Morgan fingerprint density at radius 2 is 2.29 bits per heavy atom. The van der Waals surface area contributed by atoms with E-state index in [9.17, 15) is 14.9 Å². The van der Waals surface area contributed by atoms with Crippen molar-refractivity contribution in [3.63, 3.8) is 0 Å². The first-order valence-corrected chi connectivity index (χ1v) is 4.67. The predicted molar refractivity (Wildman–Crippen MR) is 60.8 cm³/mol. The molecule has 1 aromatic rings. The lowest BCUT2D eigenvalue weighted by Gasteiger charge is -1.97. The van der Waals surface area contributed by atoms with Crippen molar-refractivity contribution in [1.29, 1.82) is 5.26 Å². The SMILES string of the molecule is CNC(=O)/C(C#N)=C\c1cccc([N+](=O)[O-])c1. The number of benzene rings is 1. The van der Waals surface area contributed by atoms with Crippen molar-refractivity contribution in [3.05, 3.63) is 45.5 Å². The molecule has 1 N–H and O–H groups in total.